The van der Waals surface area contributed by atoms with Gasteiger partial charge < -0.3 is 11.1 Å². The first kappa shape index (κ1) is 10.6. The van der Waals surface area contributed by atoms with Crippen LogP contribution in [-0.4, -0.2) is 12.1 Å². The van der Waals surface area contributed by atoms with Gasteiger partial charge in [0.15, 0.2) is 0 Å². The molecule has 0 spiro atoms. The summed E-state index contributed by atoms with van der Waals surface area (Å²) in [6, 6.07) is 4.23. The molecule has 0 atom stereocenters. The van der Waals surface area contributed by atoms with Crippen LogP contribution in [0, 0.1) is 0 Å². The molecule has 1 saturated carbocycles. The maximum absolute atomic E-state index is 6.10. The van der Waals surface area contributed by atoms with E-state index >= 15 is 0 Å². The molecule has 1 aliphatic rings. The van der Waals surface area contributed by atoms with E-state index < -0.39 is 0 Å². The highest BCUT2D eigenvalue weighted by Gasteiger charge is 2.31. The number of thiophene rings is 1. The van der Waals surface area contributed by atoms with E-state index in [0.29, 0.717) is 0 Å². The molecule has 0 saturated heterocycles. The van der Waals surface area contributed by atoms with E-state index in [-0.39, 0.29) is 5.54 Å². The molecule has 0 amide bonds. The molecule has 0 aliphatic heterocycles. The Kier molecular flexibility index (Phi) is 3.27. The number of nitrogens with two attached hydrogens (primary N) is 1. The molecule has 2 nitrogen and oxygen atoms in total. The summed E-state index contributed by atoms with van der Waals surface area (Å²) in [5.41, 5.74) is 6.20. The second-order valence-corrected chi connectivity index (χ2v) is 6.57. The van der Waals surface area contributed by atoms with Crippen molar-refractivity contribution in [3.05, 3.63) is 20.8 Å². The fourth-order valence-electron chi connectivity index (χ4n) is 1.69. The van der Waals surface area contributed by atoms with Crippen LogP contribution in [0.25, 0.3) is 0 Å². The molecular weight excluding hydrogens is 260 g/mol. The van der Waals surface area contributed by atoms with Gasteiger partial charge in [0.25, 0.3) is 0 Å². The zero-order valence-electron chi connectivity index (χ0n) is 8.05. The van der Waals surface area contributed by atoms with Crippen molar-refractivity contribution in [2.45, 2.75) is 31.3 Å². The molecule has 14 heavy (non-hydrogen) atoms. The van der Waals surface area contributed by atoms with E-state index in [4.69, 9.17) is 5.73 Å². The van der Waals surface area contributed by atoms with Crippen molar-refractivity contribution in [2.24, 2.45) is 5.73 Å². The third-order valence-electron chi connectivity index (χ3n) is 2.75. The third-order valence-corrected chi connectivity index (χ3v) is 4.38. The summed E-state index contributed by atoms with van der Waals surface area (Å²) in [7, 11) is 0. The Morgan fingerprint density at radius 3 is 2.79 bits per heavy atom. The number of hydrogen-bond donors (Lipinski definition) is 2. The average Bonchev–Trinajstić information content (AvgIpc) is 2.49. The Balaban J connectivity index is 1.72. The van der Waals surface area contributed by atoms with E-state index in [0.717, 1.165) is 13.1 Å². The fraction of sp³-hybridized carbons (Fsp3) is 0.600. The first-order valence-electron chi connectivity index (χ1n) is 4.92. The van der Waals surface area contributed by atoms with Gasteiger partial charge in [-0.25, -0.2) is 0 Å². The van der Waals surface area contributed by atoms with Crippen LogP contribution in [0.3, 0.4) is 0 Å². The lowest BCUT2D eigenvalue weighted by atomic mass is 9.78. The lowest BCUT2D eigenvalue weighted by Crippen LogP contribution is -2.53. The van der Waals surface area contributed by atoms with Crippen LogP contribution >= 0.6 is 27.3 Å². The molecule has 2 rings (SSSR count). The average molecular weight is 275 g/mol. The van der Waals surface area contributed by atoms with Gasteiger partial charge in [-0.05, 0) is 47.3 Å². The minimum absolute atomic E-state index is 0.0918. The summed E-state index contributed by atoms with van der Waals surface area (Å²) < 4.78 is 1.19. The minimum atomic E-state index is 0.0918. The molecular formula is C10H15BrN2S. The smallest absolute Gasteiger partial charge is 0.0701 e. The van der Waals surface area contributed by atoms with Gasteiger partial charge in [-0.3, -0.25) is 0 Å². The highest BCUT2D eigenvalue weighted by atomic mass is 79.9. The van der Waals surface area contributed by atoms with Crippen molar-refractivity contribution >= 4 is 27.3 Å². The topological polar surface area (TPSA) is 38.0 Å². The standard InChI is InChI=1S/C10H15BrN2S/c11-9-3-2-8(14-9)6-13-7-10(12)4-1-5-10/h2-3,13H,1,4-7,12H2. The Morgan fingerprint density at radius 2 is 2.29 bits per heavy atom. The molecule has 0 unspecified atom stereocenters. The van der Waals surface area contributed by atoms with Gasteiger partial charge in [-0.2, -0.15) is 0 Å². The van der Waals surface area contributed by atoms with Crippen LogP contribution in [0.15, 0.2) is 15.9 Å². The summed E-state index contributed by atoms with van der Waals surface area (Å²) in [4.78, 5) is 1.36. The lowest BCUT2D eigenvalue weighted by Gasteiger charge is -2.38. The van der Waals surface area contributed by atoms with E-state index in [9.17, 15) is 0 Å². The summed E-state index contributed by atoms with van der Waals surface area (Å²) in [5.74, 6) is 0. The summed E-state index contributed by atoms with van der Waals surface area (Å²) in [5, 5.41) is 3.42. The molecule has 1 aromatic heterocycles. The first-order chi connectivity index (χ1) is 6.68. The van der Waals surface area contributed by atoms with Crippen molar-refractivity contribution in [2.75, 3.05) is 6.54 Å². The van der Waals surface area contributed by atoms with E-state index in [1.165, 1.54) is 27.9 Å². The van der Waals surface area contributed by atoms with Crippen LogP contribution in [0.5, 0.6) is 0 Å². The van der Waals surface area contributed by atoms with Gasteiger partial charge in [-0.1, -0.05) is 0 Å². The van der Waals surface area contributed by atoms with Crippen LogP contribution in [0.2, 0.25) is 0 Å². The van der Waals surface area contributed by atoms with Gasteiger partial charge in [-0.15, -0.1) is 11.3 Å². The SMILES string of the molecule is NC1(CNCc2ccc(Br)s2)CCC1. The number of hydrogen-bond acceptors (Lipinski definition) is 3. The van der Waals surface area contributed by atoms with E-state index in [1.54, 1.807) is 11.3 Å². The van der Waals surface area contributed by atoms with Crippen molar-refractivity contribution in [3.63, 3.8) is 0 Å². The largest absolute Gasteiger partial charge is 0.324 e. The van der Waals surface area contributed by atoms with Crippen LogP contribution in [-0.2, 0) is 6.54 Å². The maximum atomic E-state index is 6.10. The van der Waals surface area contributed by atoms with Gasteiger partial charge in [0, 0.05) is 23.5 Å². The lowest BCUT2D eigenvalue weighted by molar-refractivity contribution is 0.239. The van der Waals surface area contributed by atoms with Gasteiger partial charge in [0.1, 0.15) is 0 Å². The summed E-state index contributed by atoms with van der Waals surface area (Å²) in [6.45, 7) is 1.89. The van der Waals surface area contributed by atoms with Crippen molar-refractivity contribution in [1.82, 2.24) is 5.32 Å². The molecule has 3 N–H and O–H groups in total. The first-order valence-corrected chi connectivity index (χ1v) is 6.53. The predicted molar refractivity (Wildman–Crippen MR) is 64.5 cm³/mol. The molecule has 1 aromatic rings. The second-order valence-electron chi connectivity index (χ2n) is 4.03. The van der Waals surface area contributed by atoms with E-state index in [1.807, 2.05) is 0 Å². The molecule has 0 radical (unpaired) electrons. The second kappa shape index (κ2) is 4.31. The molecule has 0 aromatic carbocycles. The van der Waals surface area contributed by atoms with Crippen molar-refractivity contribution in [3.8, 4) is 0 Å². The fourth-order valence-corrected chi connectivity index (χ4v) is 3.14. The van der Waals surface area contributed by atoms with Crippen LogP contribution in [0.1, 0.15) is 24.1 Å². The maximum Gasteiger partial charge on any atom is 0.0701 e. The van der Waals surface area contributed by atoms with Crippen molar-refractivity contribution < 1.29 is 0 Å². The number of nitrogens with one attached hydrogen (secondary N) is 1. The zero-order chi connectivity index (χ0) is 10.0. The quantitative estimate of drug-likeness (QED) is 0.886. The van der Waals surface area contributed by atoms with Crippen molar-refractivity contribution in [1.29, 1.82) is 0 Å². The Bertz CT molecular complexity index is 307. The van der Waals surface area contributed by atoms with E-state index in [2.05, 4.69) is 33.4 Å². The Hall–Kier alpha value is 0.1000. The highest BCUT2D eigenvalue weighted by molar-refractivity contribution is 9.11. The van der Waals surface area contributed by atoms with Gasteiger partial charge >= 0.3 is 0 Å². The molecule has 1 fully saturated rings. The Labute approximate surface area is 97.0 Å². The molecule has 1 heterocycles. The third kappa shape index (κ3) is 2.57. The van der Waals surface area contributed by atoms with Crippen LogP contribution < -0.4 is 11.1 Å². The molecule has 1 aliphatic carbocycles. The molecule has 4 heteroatoms. The molecule has 0 bridgehead atoms. The molecule has 78 valence electrons. The zero-order valence-corrected chi connectivity index (χ0v) is 10.5. The minimum Gasteiger partial charge on any atom is -0.324 e. The normalized spacial score (nSPS) is 19.3. The van der Waals surface area contributed by atoms with Crippen LogP contribution in [0.4, 0.5) is 0 Å². The van der Waals surface area contributed by atoms with Gasteiger partial charge in [0.2, 0.25) is 0 Å². The monoisotopic (exact) mass is 274 g/mol. The number of halogens is 1. The predicted octanol–water partition coefficient (Wildman–Crippen LogP) is 2.48. The number of rotatable bonds is 4. The highest BCUT2D eigenvalue weighted by Crippen LogP contribution is 2.28. The Morgan fingerprint density at radius 1 is 1.50 bits per heavy atom. The summed E-state index contributed by atoms with van der Waals surface area (Å²) >= 11 is 5.23. The summed E-state index contributed by atoms with van der Waals surface area (Å²) in [6.07, 6.45) is 3.64. The van der Waals surface area contributed by atoms with Gasteiger partial charge in [0.05, 0.1) is 3.79 Å².